The van der Waals surface area contributed by atoms with Gasteiger partial charge >= 0.3 is 0 Å². The highest BCUT2D eigenvalue weighted by Gasteiger charge is 2.30. The zero-order valence-electron chi connectivity index (χ0n) is 11.9. The summed E-state index contributed by atoms with van der Waals surface area (Å²) in [5, 5.41) is 3.62. The minimum Gasteiger partial charge on any atom is -0.371 e. The van der Waals surface area contributed by atoms with Crippen molar-refractivity contribution in [2.24, 2.45) is 5.92 Å². The number of piperidine rings is 2. The monoisotopic (exact) mass is 294 g/mol. The van der Waals surface area contributed by atoms with Crippen molar-refractivity contribution >= 4 is 15.5 Å². The van der Waals surface area contributed by atoms with Crippen LogP contribution in [0.5, 0.6) is 0 Å². The van der Waals surface area contributed by atoms with E-state index in [-0.39, 0.29) is 0 Å². The van der Waals surface area contributed by atoms with E-state index in [0.29, 0.717) is 10.9 Å². The van der Waals surface area contributed by atoms with Gasteiger partial charge < -0.3 is 10.2 Å². The van der Waals surface area contributed by atoms with E-state index in [1.54, 1.807) is 12.1 Å². The number of nitrogens with zero attached hydrogens (tertiary/aromatic N) is 1. The van der Waals surface area contributed by atoms with Crippen molar-refractivity contribution in [3.63, 3.8) is 0 Å². The van der Waals surface area contributed by atoms with E-state index in [9.17, 15) is 8.42 Å². The van der Waals surface area contributed by atoms with Crippen LogP contribution in [0.2, 0.25) is 0 Å². The van der Waals surface area contributed by atoms with Gasteiger partial charge in [0, 0.05) is 31.1 Å². The first-order valence-corrected chi connectivity index (χ1v) is 9.21. The van der Waals surface area contributed by atoms with Crippen molar-refractivity contribution in [2.45, 2.75) is 30.2 Å². The zero-order valence-corrected chi connectivity index (χ0v) is 12.7. The second kappa shape index (κ2) is 5.37. The van der Waals surface area contributed by atoms with Gasteiger partial charge in [-0.1, -0.05) is 0 Å². The molecule has 1 N–H and O–H groups in total. The Morgan fingerprint density at radius 2 is 1.95 bits per heavy atom. The summed E-state index contributed by atoms with van der Waals surface area (Å²) in [5.74, 6) is 0.729. The van der Waals surface area contributed by atoms with E-state index in [1.807, 2.05) is 12.1 Å². The average molecular weight is 294 g/mol. The maximum absolute atomic E-state index is 11.5. The molecule has 0 aliphatic carbocycles. The Morgan fingerprint density at radius 1 is 1.20 bits per heavy atom. The quantitative estimate of drug-likeness (QED) is 0.901. The van der Waals surface area contributed by atoms with Crippen molar-refractivity contribution in [1.29, 1.82) is 0 Å². The van der Waals surface area contributed by atoms with Crippen LogP contribution in [0.3, 0.4) is 0 Å². The Labute approximate surface area is 121 Å². The van der Waals surface area contributed by atoms with Gasteiger partial charge in [-0.2, -0.15) is 0 Å². The summed E-state index contributed by atoms with van der Waals surface area (Å²) in [6.07, 6.45) is 5.00. The maximum atomic E-state index is 11.5. The van der Waals surface area contributed by atoms with Gasteiger partial charge in [0.1, 0.15) is 0 Å². The first-order chi connectivity index (χ1) is 9.54. The molecule has 0 spiro atoms. The molecule has 1 aromatic carbocycles. The molecule has 0 radical (unpaired) electrons. The Balaban J connectivity index is 1.73. The number of hydrogen-bond donors (Lipinski definition) is 1. The van der Waals surface area contributed by atoms with Gasteiger partial charge in [0.05, 0.1) is 4.90 Å². The van der Waals surface area contributed by atoms with Crippen molar-refractivity contribution in [1.82, 2.24) is 5.32 Å². The lowest BCUT2D eigenvalue weighted by atomic mass is 9.85. The Bertz CT molecular complexity index is 568. The van der Waals surface area contributed by atoms with Gasteiger partial charge in [0.15, 0.2) is 9.84 Å². The van der Waals surface area contributed by atoms with Gasteiger partial charge in [0.25, 0.3) is 0 Å². The molecule has 2 heterocycles. The first-order valence-electron chi connectivity index (χ1n) is 7.32. The topological polar surface area (TPSA) is 49.4 Å². The van der Waals surface area contributed by atoms with Crippen molar-refractivity contribution in [3.05, 3.63) is 24.3 Å². The van der Waals surface area contributed by atoms with E-state index < -0.39 is 9.84 Å². The summed E-state index contributed by atoms with van der Waals surface area (Å²) in [6.45, 7) is 3.28. The van der Waals surface area contributed by atoms with Gasteiger partial charge in [0.2, 0.25) is 0 Å². The molecule has 20 heavy (non-hydrogen) atoms. The zero-order chi connectivity index (χ0) is 14.2. The molecule has 0 saturated carbocycles. The van der Waals surface area contributed by atoms with Crippen LogP contribution in [-0.4, -0.2) is 40.3 Å². The molecule has 1 aromatic rings. The molecule has 2 aliphatic rings. The normalized spacial score (nSPS) is 27.1. The molecule has 4 nitrogen and oxygen atoms in total. The van der Waals surface area contributed by atoms with Crippen LogP contribution in [0, 0.1) is 5.92 Å². The predicted octanol–water partition coefficient (Wildman–Crippen LogP) is 1.67. The molecule has 2 unspecified atom stereocenters. The molecule has 0 bridgehead atoms. The second-order valence-electron chi connectivity index (χ2n) is 5.96. The number of benzene rings is 1. The molecule has 0 aromatic heterocycles. The molecule has 0 amide bonds. The average Bonchev–Trinajstić information content (AvgIpc) is 2.46. The molecule has 3 rings (SSSR count). The predicted molar refractivity (Wildman–Crippen MR) is 80.9 cm³/mol. The highest BCUT2D eigenvalue weighted by molar-refractivity contribution is 7.90. The van der Waals surface area contributed by atoms with E-state index in [0.717, 1.165) is 31.2 Å². The lowest BCUT2D eigenvalue weighted by Gasteiger charge is -2.42. The number of fused-ring (bicyclic) bond motifs is 1. The molecule has 2 saturated heterocycles. The fourth-order valence-corrected chi connectivity index (χ4v) is 4.01. The number of sulfone groups is 1. The third-order valence-corrected chi connectivity index (χ3v) is 5.65. The number of hydrogen-bond acceptors (Lipinski definition) is 4. The molecular weight excluding hydrogens is 272 g/mol. The van der Waals surface area contributed by atoms with E-state index in [4.69, 9.17) is 0 Å². The fraction of sp³-hybridized carbons (Fsp3) is 0.600. The highest BCUT2D eigenvalue weighted by Crippen LogP contribution is 2.28. The minimum atomic E-state index is -3.10. The first kappa shape index (κ1) is 13.9. The van der Waals surface area contributed by atoms with Crippen LogP contribution in [0.25, 0.3) is 0 Å². The smallest absolute Gasteiger partial charge is 0.175 e. The summed E-state index contributed by atoms with van der Waals surface area (Å²) >= 11 is 0. The van der Waals surface area contributed by atoms with Gasteiger partial charge in [-0.05, 0) is 56.0 Å². The van der Waals surface area contributed by atoms with Crippen LogP contribution >= 0.6 is 0 Å². The summed E-state index contributed by atoms with van der Waals surface area (Å²) in [4.78, 5) is 2.79. The van der Waals surface area contributed by atoms with Gasteiger partial charge in [-0.15, -0.1) is 0 Å². The lowest BCUT2D eigenvalue weighted by molar-refractivity contribution is 0.244. The van der Waals surface area contributed by atoms with Crippen LogP contribution in [0.15, 0.2) is 29.2 Å². The SMILES string of the molecule is CS(=O)(=O)c1ccc(N2CCC3NCCCC3C2)cc1. The summed E-state index contributed by atoms with van der Waals surface area (Å²) in [5.41, 5.74) is 1.14. The highest BCUT2D eigenvalue weighted by atomic mass is 32.2. The minimum absolute atomic E-state index is 0.399. The van der Waals surface area contributed by atoms with Crippen molar-refractivity contribution in [3.8, 4) is 0 Å². The second-order valence-corrected chi connectivity index (χ2v) is 7.98. The molecular formula is C15H22N2O2S. The maximum Gasteiger partial charge on any atom is 0.175 e. The summed E-state index contributed by atoms with van der Waals surface area (Å²) in [6, 6.07) is 7.99. The number of nitrogens with one attached hydrogen (secondary N) is 1. The van der Waals surface area contributed by atoms with E-state index in [2.05, 4.69) is 10.2 Å². The van der Waals surface area contributed by atoms with Crippen molar-refractivity contribution in [2.75, 3.05) is 30.8 Å². The third-order valence-electron chi connectivity index (χ3n) is 4.52. The van der Waals surface area contributed by atoms with Crippen LogP contribution < -0.4 is 10.2 Å². The third kappa shape index (κ3) is 2.83. The van der Waals surface area contributed by atoms with Crippen LogP contribution in [0.4, 0.5) is 5.69 Å². The van der Waals surface area contributed by atoms with E-state index >= 15 is 0 Å². The Hall–Kier alpha value is -1.07. The molecule has 5 heteroatoms. The van der Waals surface area contributed by atoms with Crippen molar-refractivity contribution < 1.29 is 8.42 Å². The standard InChI is InChI=1S/C15H22N2O2S/c1-20(18,19)14-6-4-13(5-7-14)17-10-8-15-12(11-17)3-2-9-16-15/h4-7,12,15-16H,2-3,8-11H2,1H3. The summed E-state index contributed by atoms with van der Waals surface area (Å²) in [7, 11) is -3.10. The van der Waals surface area contributed by atoms with Gasteiger partial charge in [-0.25, -0.2) is 8.42 Å². The summed E-state index contributed by atoms with van der Waals surface area (Å²) < 4.78 is 23.0. The largest absolute Gasteiger partial charge is 0.371 e. The molecule has 2 aliphatic heterocycles. The van der Waals surface area contributed by atoms with Gasteiger partial charge in [-0.3, -0.25) is 0 Å². The number of anilines is 1. The fourth-order valence-electron chi connectivity index (χ4n) is 3.38. The number of rotatable bonds is 2. The molecule has 110 valence electrons. The molecule has 2 atom stereocenters. The van der Waals surface area contributed by atoms with Crippen LogP contribution in [0.1, 0.15) is 19.3 Å². The Kier molecular flexibility index (Phi) is 3.73. The Morgan fingerprint density at radius 3 is 2.65 bits per heavy atom. The molecule has 2 fully saturated rings. The van der Waals surface area contributed by atoms with E-state index in [1.165, 1.54) is 25.5 Å². The lowest BCUT2D eigenvalue weighted by Crippen LogP contribution is -2.52. The van der Waals surface area contributed by atoms with Crippen LogP contribution in [-0.2, 0) is 9.84 Å².